The van der Waals surface area contributed by atoms with Crippen LogP contribution in [0, 0.1) is 0 Å². The third-order valence-electron chi connectivity index (χ3n) is 4.96. The second-order valence-corrected chi connectivity index (χ2v) is 9.70. The molecule has 0 atom stereocenters. The van der Waals surface area contributed by atoms with E-state index in [4.69, 9.17) is 0 Å². The third-order valence-corrected chi connectivity index (χ3v) is 8.08. The van der Waals surface area contributed by atoms with Crippen molar-refractivity contribution >= 4 is 17.8 Å². The second-order valence-electron chi connectivity index (χ2n) is 6.74. The molecule has 0 radical (unpaired) electrons. The Morgan fingerprint density at radius 3 is 2.04 bits per heavy atom. The third kappa shape index (κ3) is 4.93. The summed E-state index contributed by atoms with van der Waals surface area (Å²) in [5.41, 5.74) is 1.59. The Hall–Kier alpha value is -1.63. The molecule has 0 saturated heterocycles. The molecule has 1 aliphatic rings. The number of nitrogens with one attached hydrogen (secondary N) is 1. The SMILES string of the molecule is O=P(CCNCCC1=CCCCC1)(c1ccccc1)c1ccccc1. The van der Waals surface area contributed by atoms with Gasteiger partial charge in [0.25, 0.3) is 0 Å². The van der Waals surface area contributed by atoms with Crippen LogP contribution in [-0.2, 0) is 4.57 Å². The van der Waals surface area contributed by atoms with Crippen LogP contribution in [0.15, 0.2) is 72.3 Å². The van der Waals surface area contributed by atoms with E-state index < -0.39 is 7.14 Å². The van der Waals surface area contributed by atoms with Gasteiger partial charge in [0.15, 0.2) is 0 Å². The maximum absolute atomic E-state index is 13.8. The van der Waals surface area contributed by atoms with E-state index in [0.717, 1.165) is 30.1 Å². The molecule has 0 saturated carbocycles. The molecule has 132 valence electrons. The predicted molar refractivity (Wildman–Crippen MR) is 109 cm³/mol. The minimum atomic E-state index is -2.57. The molecule has 1 aliphatic carbocycles. The van der Waals surface area contributed by atoms with Crippen molar-refractivity contribution in [1.82, 2.24) is 5.32 Å². The highest BCUT2D eigenvalue weighted by molar-refractivity contribution is 7.78. The summed E-state index contributed by atoms with van der Waals surface area (Å²) in [6.45, 7) is 1.77. The zero-order valence-electron chi connectivity index (χ0n) is 14.9. The summed E-state index contributed by atoms with van der Waals surface area (Å²) in [4.78, 5) is 0. The lowest BCUT2D eigenvalue weighted by Crippen LogP contribution is -2.26. The van der Waals surface area contributed by atoms with E-state index in [-0.39, 0.29) is 0 Å². The van der Waals surface area contributed by atoms with E-state index in [1.807, 2.05) is 60.7 Å². The van der Waals surface area contributed by atoms with E-state index in [1.54, 1.807) is 5.57 Å². The van der Waals surface area contributed by atoms with Gasteiger partial charge >= 0.3 is 0 Å². The highest BCUT2D eigenvalue weighted by atomic mass is 31.2. The minimum absolute atomic E-state index is 0.667. The van der Waals surface area contributed by atoms with Gasteiger partial charge in [-0.3, -0.25) is 0 Å². The highest BCUT2D eigenvalue weighted by Gasteiger charge is 2.26. The lowest BCUT2D eigenvalue weighted by atomic mass is 9.97. The van der Waals surface area contributed by atoms with Crippen LogP contribution in [0.4, 0.5) is 0 Å². The second kappa shape index (κ2) is 9.17. The Labute approximate surface area is 151 Å². The number of benzene rings is 2. The lowest BCUT2D eigenvalue weighted by Gasteiger charge is -2.20. The first kappa shape index (κ1) is 18.2. The van der Waals surface area contributed by atoms with Crippen molar-refractivity contribution in [1.29, 1.82) is 0 Å². The van der Waals surface area contributed by atoms with Gasteiger partial charge in [0.1, 0.15) is 7.14 Å². The standard InChI is InChI=1S/C22H28NOP/c24-25(21-12-6-2-7-13-21,22-14-8-3-9-15-22)19-18-23-17-16-20-10-4-1-5-11-20/h2-3,6-10,12-15,23H,1,4-5,11,16-19H2. The van der Waals surface area contributed by atoms with E-state index in [0.29, 0.717) is 6.16 Å². The first-order chi connectivity index (χ1) is 12.3. The first-order valence-corrected chi connectivity index (χ1v) is 11.3. The molecular weight excluding hydrogens is 325 g/mol. The van der Waals surface area contributed by atoms with Gasteiger partial charge in [-0.1, -0.05) is 72.3 Å². The molecule has 1 N–H and O–H groups in total. The van der Waals surface area contributed by atoms with Gasteiger partial charge in [0.2, 0.25) is 0 Å². The summed E-state index contributed by atoms with van der Waals surface area (Å²) in [6, 6.07) is 19.9. The van der Waals surface area contributed by atoms with Crippen molar-refractivity contribution in [2.75, 3.05) is 19.3 Å². The normalized spacial score (nSPS) is 15.0. The number of hydrogen-bond donors (Lipinski definition) is 1. The molecule has 3 rings (SSSR count). The zero-order chi connectivity index (χ0) is 17.4. The molecule has 0 amide bonds. The van der Waals surface area contributed by atoms with Crippen LogP contribution in [0.3, 0.4) is 0 Å². The molecule has 0 aromatic heterocycles. The fourth-order valence-electron chi connectivity index (χ4n) is 3.49. The van der Waals surface area contributed by atoms with Gasteiger partial charge in [0, 0.05) is 23.3 Å². The fourth-order valence-corrected chi connectivity index (χ4v) is 6.08. The van der Waals surface area contributed by atoms with Gasteiger partial charge < -0.3 is 9.88 Å². The van der Waals surface area contributed by atoms with Crippen molar-refractivity contribution in [2.24, 2.45) is 0 Å². The predicted octanol–water partition coefficient (Wildman–Crippen LogP) is 4.48. The molecule has 3 heteroatoms. The molecule has 0 fully saturated rings. The van der Waals surface area contributed by atoms with Crippen LogP contribution in [0.2, 0.25) is 0 Å². The van der Waals surface area contributed by atoms with Crippen molar-refractivity contribution in [2.45, 2.75) is 32.1 Å². The Kier molecular flexibility index (Phi) is 6.67. The van der Waals surface area contributed by atoms with Crippen LogP contribution in [0.1, 0.15) is 32.1 Å². The molecule has 2 aromatic carbocycles. The van der Waals surface area contributed by atoms with Gasteiger partial charge in [-0.2, -0.15) is 0 Å². The number of hydrogen-bond acceptors (Lipinski definition) is 2. The van der Waals surface area contributed by atoms with E-state index in [2.05, 4.69) is 11.4 Å². The van der Waals surface area contributed by atoms with Crippen molar-refractivity contribution in [3.05, 3.63) is 72.3 Å². The maximum atomic E-state index is 13.8. The molecule has 0 aliphatic heterocycles. The van der Waals surface area contributed by atoms with Gasteiger partial charge in [-0.15, -0.1) is 0 Å². The first-order valence-electron chi connectivity index (χ1n) is 9.38. The molecule has 25 heavy (non-hydrogen) atoms. The molecule has 0 heterocycles. The molecule has 0 unspecified atom stereocenters. The zero-order valence-corrected chi connectivity index (χ0v) is 15.8. The average Bonchev–Trinajstić information content (AvgIpc) is 2.70. The smallest absolute Gasteiger partial charge is 0.144 e. The Morgan fingerprint density at radius 2 is 1.48 bits per heavy atom. The van der Waals surface area contributed by atoms with Crippen LogP contribution >= 0.6 is 7.14 Å². The van der Waals surface area contributed by atoms with Crippen molar-refractivity contribution < 1.29 is 4.57 Å². The summed E-state index contributed by atoms with van der Waals surface area (Å²) in [5.74, 6) is 0. The Morgan fingerprint density at radius 1 is 0.840 bits per heavy atom. The summed E-state index contributed by atoms with van der Waals surface area (Å²) in [6.07, 6.45) is 9.38. The average molecular weight is 353 g/mol. The van der Waals surface area contributed by atoms with Gasteiger partial charge in [0.05, 0.1) is 0 Å². The van der Waals surface area contributed by atoms with Crippen LogP contribution in [0.25, 0.3) is 0 Å². The fraction of sp³-hybridized carbons (Fsp3) is 0.364. The maximum Gasteiger partial charge on any atom is 0.144 e. The number of allylic oxidation sites excluding steroid dienone is 1. The molecule has 2 aromatic rings. The molecule has 2 nitrogen and oxygen atoms in total. The van der Waals surface area contributed by atoms with Crippen LogP contribution in [0.5, 0.6) is 0 Å². The minimum Gasteiger partial charge on any atom is -0.316 e. The van der Waals surface area contributed by atoms with Gasteiger partial charge in [-0.25, -0.2) is 0 Å². The monoisotopic (exact) mass is 353 g/mol. The summed E-state index contributed by atoms with van der Waals surface area (Å²) >= 11 is 0. The quantitative estimate of drug-likeness (QED) is 0.431. The summed E-state index contributed by atoms with van der Waals surface area (Å²) in [5, 5.41) is 5.43. The molecule has 0 bridgehead atoms. The Bertz CT molecular complexity index is 681. The van der Waals surface area contributed by atoms with Gasteiger partial charge in [-0.05, 0) is 38.6 Å². The van der Waals surface area contributed by atoms with E-state index >= 15 is 0 Å². The summed E-state index contributed by atoms with van der Waals surface area (Å²) in [7, 11) is -2.57. The van der Waals surface area contributed by atoms with Crippen molar-refractivity contribution in [3.8, 4) is 0 Å². The molecular formula is C22H28NOP. The number of rotatable bonds is 8. The highest BCUT2D eigenvalue weighted by Crippen LogP contribution is 2.42. The molecule has 0 spiro atoms. The van der Waals surface area contributed by atoms with Crippen LogP contribution < -0.4 is 15.9 Å². The lowest BCUT2D eigenvalue weighted by molar-refractivity contribution is 0.583. The van der Waals surface area contributed by atoms with E-state index in [9.17, 15) is 4.57 Å². The topological polar surface area (TPSA) is 29.1 Å². The van der Waals surface area contributed by atoms with E-state index in [1.165, 1.54) is 25.7 Å². The summed E-state index contributed by atoms with van der Waals surface area (Å²) < 4.78 is 13.8. The van der Waals surface area contributed by atoms with Crippen molar-refractivity contribution in [3.63, 3.8) is 0 Å². The van der Waals surface area contributed by atoms with Crippen LogP contribution in [-0.4, -0.2) is 19.3 Å². The Balaban J connectivity index is 1.61. The largest absolute Gasteiger partial charge is 0.316 e.